The minimum atomic E-state index is 0.632. The second-order valence-corrected chi connectivity index (χ2v) is 11.4. The molecule has 3 nitrogen and oxygen atoms in total. The van der Waals surface area contributed by atoms with Gasteiger partial charge in [-0.05, 0) is 79.3 Å². The van der Waals surface area contributed by atoms with Crippen molar-refractivity contribution in [2.45, 2.75) is 0 Å². The quantitative estimate of drug-likeness (QED) is 0.196. The number of benzene rings is 7. The van der Waals surface area contributed by atoms with Gasteiger partial charge in [0.2, 0.25) is 5.89 Å². The summed E-state index contributed by atoms with van der Waals surface area (Å²) in [6.45, 7) is 0. The van der Waals surface area contributed by atoms with Gasteiger partial charge in [-0.3, -0.25) is 4.98 Å². The van der Waals surface area contributed by atoms with Gasteiger partial charge in [0.1, 0.15) is 5.52 Å². The van der Waals surface area contributed by atoms with Crippen LogP contribution in [0.3, 0.4) is 0 Å². The Kier molecular flexibility index (Phi) is 5.82. The molecule has 0 aliphatic rings. The van der Waals surface area contributed by atoms with Crippen LogP contribution in [0.2, 0.25) is 0 Å². The van der Waals surface area contributed by atoms with Crippen molar-refractivity contribution in [1.82, 2.24) is 9.97 Å². The molecule has 2 heterocycles. The highest BCUT2D eigenvalue weighted by Gasteiger charge is 2.17. The third kappa shape index (κ3) is 4.21. The summed E-state index contributed by atoms with van der Waals surface area (Å²) in [7, 11) is 0. The van der Waals surface area contributed by atoms with Crippen molar-refractivity contribution in [2.75, 3.05) is 0 Å². The van der Waals surface area contributed by atoms with Crippen LogP contribution in [0.5, 0.6) is 0 Å². The lowest BCUT2D eigenvalue weighted by atomic mass is 9.86. The summed E-state index contributed by atoms with van der Waals surface area (Å²) in [6.07, 6.45) is 2.03. The van der Waals surface area contributed by atoms with Crippen LogP contribution < -0.4 is 0 Å². The van der Waals surface area contributed by atoms with Crippen LogP contribution in [0.1, 0.15) is 0 Å². The topological polar surface area (TPSA) is 38.9 Å². The highest BCUT2D eigenvalue weighted by molar-refractivity contribution is 6.21. The van der Waals surface area contributed by atoms with Gasteiger partial charge >= 0.3 is 0 Å². The Labute approximate surface area is 260 Å². The minimum absolute atomic E-state index is 0.632. The van der Waals surface area contributed by atoms with E-state index in [1.165, 1.54) is 43.4 Å². The van der Waals surface area contributed by atoms with Crippen LogP contribution in [0.15, 0.2) is 162 Å². The lowest BCUT2D eigenvalue weighted by Crippen LogP contribution is -1.92. The zero-order chi connectivity index (χ0) is 29.7. The molecule has 0 radical (unpaired) electrons. The van der Waals surface area contributed by atoms with Crippen molar-refractivity contribution < 1.29 is 4.42 Å². The van der Waals surface area contributed by atoms with Gasteiger partial charge < -0.3 is 4.42 Å². The molecular weight excluding hydrogens is 548 g/mol. The molecule has 0 spiro atoms. The predicted octanol–water partition coefficient (Wildman–Crippen LogP) is 11.4. The largest absolute Gasteiger partial charge is 0.436 e. The summed E-state index contributed by atoms with van der Waals surface area (Å²) in [5.41, 5.74) is 9.40. The van der Waals surface area contributed by atoms with E-state index in [1.54, 1.807) is 0 Å². The van der Waals surface area contributed by atoms with E-state index < -0.39 is 0 Å². The highest BCUT2D eigenvalue weighted by atomic mass is 16.3. The maximum Gasteiger partial charge on any atom is 0.227 e. The number of rotatable bonds is 4. The molecular formula is C42H26N2O. The van der Waals surface area contributed by atoms with Gasteiger partial charge in [0.15, 0.2) is 5.58 Å². The van der Waals surface area contributed by atoms with Crippen molar-refractivity contribution in [1.29, 1.82) is 0 Å². The number of pyridine rings is 1. The van der Waals surface area contributed by atoms with Crippen molar-refractivity contribution >= 4 is 43.4 Å². The molecule has 0 aliphatic heterocycles. The number of hydrogen-bond donors (Lipinski definition) is 0. The first-order chi connectivity index (χ1) is 22.3. The Morgan fingerprint density at radius 1 is 0.422 bits per heavy atom. The fourth-order valence-electron chi connectivity index (χ4n) is 6.68. The fraction of sp³-hybridized carbons (Fsp3) is 0. The molecule has 0 N–H and O–H groups in total. The van der Waals surface area contributed by atoms with Crippen LogP contribution in [-0.2, 0) is 0 Å². The smallest absolute Gasteiger partial charge is 0.227 e. The van der Waals surface area contributed by atoms with Gasteiger partial charge in [-0.1, -0.05) is 121 Å². The Bertz CT molecular complexity index is 2430. The zero-order valence-electron chi connectivity index (χ0n) is 24.3. The van der Waals surface area contributed by atoms with E-state index >= 15 is 0 Å². The molecule has 7 aromatic carbocycles. The fourth-order valence-corrected chi connectivity index (χ4v) is 6.68. The summed E-state index contributed by atoms with van der Waals surface area (Å²) in [4.78, 5) is 9.71. The van der Waals surface area contributed by atoms with Crippen LogP contribution in [-0.4, -0.2) is 9.97 Å². The van der Waals surface area contributed by atoms with E-state index in [1.807, 2.05) is 30.5 Å². The molecule has 0 saturated heterocycles. The summed E-state index contributed by atoms with van der Waals surface area (Å²) in [6, 6.07) is 53.1. The normalized spacial score (nSPS) is 11.6. The number of para-hydroxylation sites is 2. The second kappa shape index (κ2) is 10.3. The Balaban J connectivity index is 1.19. The van der Waals surface area contributed by atoms with Crippen LogP contribution >= 0.6 is 0 Å². The maximum atomic E-state index is 6.05. The van der Waals surface area contributed by atoms with Gasteiger partial charge in [-0.15, -0.1) is 0 Å². The Morgan fingerprint density at radius 2 is 0.978 bits per heavy atom. The standard InChI is InChI=1S/C42H26N2O/c1-2-12-31-27(10-1)11-9-17-32(31)37-25-24-30(26-43-37)41-35-15-5-3-13-33(35)40(34-14-4-6-16-36(34)41)28-20-22-29(23-21-28)42-44-38-18-7-8-19-39(38)45-42/h1-26H. The summed E-state index contributed by atoms with van der Waals surface area (Å²) < 4.78 is 6.05. The first kappa shape index (κ1) is 25.4. The second-order valence-electron chi connectivity index (χ2n) is 11.4. The molecule has 0 bridgehead atoms. The van der Waals surface area contributed by atoms with E-state index in [2.05, 4.69) is 127 Å². The highest BCUT2D eigenvalue weighted by Crippen LogP contribution is 2.44. The number of aromatic nitrogens is 2. The summed E-state index contributed by atoms with van der Waals surface area (Å²) >= 11 is 0. The molecule has 0 fully saturated rings. The molecule has 45 heavy (non-hydrogen) atoms. The van der Waals surface area contributed by atoms with Gasteiger partial charge in [-0.2, -0.15) is 0 Å². The van der Waals surface area contributed by atoms with Crippen molar-refractivity contribution in [3.05, 3.63) is 158 Å². The molecule has 0 unspecified atom stereocenters. The Morgan fingerprint density at radius 3 is 1.64 bits per heavy atom. The van der Waals surface area contributed by atoms with E-state index in [-0.39, 0.29) is 0 Å². The van der Waals surface area contributed by atoms with E-state index in [9.17, 15) is 0 Å². The van der Waals surface area contributed by atoms with Crippen molar-refractivity contribution in [3.8, 4) is 45.0 Å². The molecule has 0 atom stereocenters. The molecule has 0 aliphatic carbocycles. The van der Waals surface area contributed by atoms with Crippen molar-refractivity contribution in [3.63, 3.8) is 0 Å². The molecule has 0 amide bonds. The number of oxazole rings is 1. The lowest BCUT2D eigenvalue weighted by Gasteiger charge is -2.18. The first-order valence-corrected chi connectivity index (χ1v) is 15.2. The van der Waals surface area contributed by atoms with E-state index in [0.29, 0.717) is 5.89 Å². The molecule has 9 rings (SSSR count). The van der Waals surface area contributed by atoms with Gasteiger partial charge in [0.25, 0.3) is 0 Å². The third-order valence-electron chi connectivity index (χ3n) is 8.76. The molecule has 9 aromatic rings. The maximum absolute atomic E-state index is 6.05. The van der Waals surface area contributed by atoms with E-state index in [4.69, 9.17) is 14.4 Å². The lowest BCUT2D eigenvalue weighted by molar-refractivity contribution is 0.620. The van der Waals surface area contributed by atoms with Gasteiger partial charge in [0.05, 0.1) is 5.69 Å². The SMILES string of the molecule is c1ccc2c(-c3ccc(-c4c5ccccc5c(-c5ccc(-c6nc7ccccc7o6)cc5)c5ccccc45)cn3)cccc2c1. The number of hydrogen-bond acceptors (Lipinski definition) is 3. The zero-order valence-corrected chi connectivity index (χ0v) is 24.3. The summed E-state index contributed by atoms with van der Waals surface area (Å²) in [5.74, 6) is 0.632. The Hall–Kier alpha value is -6.06. The van der Waals surface area contributed by atoms with Crippen molar-refractivity contribution in [2.24, 2.45) is 0 Å². The van der Waals surface area contributed by atoms with Crippen LogP contribution in [0, 0.1) is 0 Å². The predicted molar refractivity (Wildman–Crippen MR) is 186 cm³/mol. The average molecular weight is 575 g/mol. The monoisotopic (exact) mass is 574 g/mol. The van der Waals surface area contributed by atoms with Gasteiger partial charge in [-0.25, -0.2) is 4.98 Å². The third-order valence-corrected chi connectivity index (χ3v) is 8.76. The average Bonchev–Trinajstić information content (AvgIpc) is 3.55. The molecule has 3 heteroatoms. The summed E-state index contributed by atoms with van der Waals surface area (Å²) in [5, 5.41) is 7.25. The number of fused-ring (bicyclic) bond motifs is 4. The number of nitrogens with zero attached hydrogens (tertiary/aromatic N) is 2. The van der Waals surface area contributed by atoms with Gasteiger partial charge in [0, 0.05) is 22.9 Å². The minimum Gasteiger partial charge on any atom is -0.436 e. The van der Waals surface area contributed by atoms with Crippen LogP contribution in [0.4, 0.5) is 0 Å². The molecule has 2 aromatic heterocycles. The van der Waals surface area contributed by atoms with E-state index in [0.717, 1.165) is 39.0 Å². The van der Waals surface area contributed by atoms with Crippen LogP contribution in [0.25, 0.3) is 88.4 Å². The first-order valence-electron chi connectivity index (χ1n) is 15.2. The molecule has 0 saturated carbocycles. The molecule has 210 valence electrons.